The molecule has 1 aliphatic heterocycles. The molecule has 23 heavy (non-hydrogen) atoms. The van der Waals surface area contributed by atoms with Crippen molar-refractivity contribution in [2.75, 3.05) is 6.54 Å². The molecule has 0 spiro atoms. The third kappa shape index (κ3) is 3.17. The highest BCUT2D eigenvalue weighted by Gasteiger charge is 2.19. The zero-order valence-corrected chi connectivity index (χ0v) is 13.0. The van der Waals surface area contributed by atoms with E-state index in [0.29, 0.717) is 0 Å². The van der Waals surface area contributed by atoms with Crippen LogP contribution in [0.3, 0.4) is 0 Å². The van der Waals surface area contributed by atoms with Crippen molar-refractivity contribution in [3.05, 3.63) is 66.3 Å². The molecule has 0 saturated carbocycles. The van der Waals surface area contributed by atoms with E-state index in [1.807, 2.05) is 30.5 Å². The van der Waals surface area contributed by atoms with Gasteiger partial charge in [0.1, 0.15) is 5.82 Å². The molecule has 4 heterocycles. The molecule has 6 heteroatoms. The summed E-state index contributed by atoms with van der Waals surface area (Å²) in [5.74, 6) is 2.09. The van der Waals surface area contributed by atoms with Crippen LogP contribution in [0.4, 0.5) is 0 Å². The minimum Gasteiger partial charge on any atom is -0.347 e. The van der Waals surface area contributed by atoms with E-state index in [-0.39, 0.29) is 0 Å². The predicted octanol–water partition coefficient (Wildman–Crippen LogP) is 1.93. The Kier molecular flexibility index (Phi) is 3.90. The topological polar surface area (TPSA) is 51.8 Å². The lowest BCUT2D eigenvalue weighted by Gasteiger charge is -2.18. The first-order chi connectivity index (χ1) is 11.4. The van der Waals surface area contributed by atoms with Crippen molar-refractivity contribution in [2.45, 2.75) is 32.6 Å². The van der Waals surface area contributed by atoms with E-state index in [2.05, 4.69) is 47.7 Å². The summed E-state index contributed by atoms with van der Waals surface area (Å²) in [5.41, 5.74) is 1.10. The second-order valence-electron chi connectivity index (χ2n) is 5.92. The van der Waals surface area contributed by atoms with Crippen LogP contribution in [0.15, 0.2) is 48.9 Å². The SMILES string of the molecule is c1ccc(CN2CCCn3c(nnc3Cn3cccc3)C2)nc1. The van der Waals surface area contributed by atoms with Crippen molar-refractivity contribution >= 4 is 0 Å². The van der Waals surface area contributed by atoms with Crippen LogP contribution >= 0.6 is 0 Å². The molecule has 3 aromatic rings. The van der Waals surface area contributed by atoms with Gasteiger partial charge in [-0.15, -0.1) is 10.2 Å². The Morgan fingerprint density at radius 1 is 0.957 bits per heavy atom. The Morgan fingerprint density at radius 2 is 1.87 bits per heavy atom. The first-order valence-electron chi connectivity index (χ1n) is 8.02. The van der Waals surface area contributed by atoms with Crippen LogP contribution in [0.25, 0.3) is 0 Å². The Hall–Kier alpha value is -2.47. The van der Waals surface area contributed by atoms with Gasteiger partial charge in [0, 0.05) is 38.2 Å². The summed E-state index contributed by atoms with van der Waals surface area (Å²) >= 11 is 0. The van der Waals surface area contributed by atoms with E-state index in [4.69, 9.17) is 0 Å². The van der Waals surface area contributed by atoms with Crippen LogP contribution in [-0.4, -0.2) is 35.8 Å². The van der Waals surface area contributed by atoms with E-state index in [1.165, 1.54) is 0 Å². The van der Waals surface area contributed by atoms with Crippen LogP contribution < -0.4 is 0 Å². The monoisotopic (exact) mass is 308 g/mol. The predicted molar refractivity (Wildman–Crippen MR) is 86.5 cm³/mol. The fourth-order valence-corrected chi connectivity index (χ4v) is 3.09. The largest absolute Gasteiger partial charge is 0.347 e. The number of rotatable bonds is 4. The average molecular weight is 308 g/mol. The van der Waals surface area contributed by atoms with Crippen molar-refractivity contribution in [1.29, 1.82) is 0 Å². The lowest BCUT2D eigenvalue weighted by atomic mass is 10.3. The molecule has 0 aromatic carbocycles. The van der Waals surface area contributed by atoms with Gasteiger partial charge in [-0.1, -0.05) is 6.07 Å². The second-order valence-corrected chi connectivity index (χ2v) is 5.92. The van der Waals surface area contributed by atoms with Gasteiger partial charge in [0.2, 0.25) is 0 Å². The Bertz CT molecular complexity index is 747. The molecular formula is C17H20N6. The molecule has 0 N–H and O–H groups in total. The molecule has 0 atom stereocenters. The number of nitrogens with zero attached hydrogens (tertiary/aromatic N) is 6. The molecule has 0 bridgehead atoms. The molecule has 4 rings (SSSR count). The molecule has 1 aliphatic rings. The van der Waals surface area contributed by atoms with Crippen molar-refractivity contribution in [2.24, 2.45) is 0 Å². The highest BCUT2D eigenvalue weighted by Crippen LogP contribution is 2.15. The number of hydrogen-bond donors (Lipinski definition) is 0. The van der Waals surface area contributed by atoms with Crippen LogP contribution in [0.2, 0.25) is 0 Å². The molecule has 0 aliphatic carbocycles. The zero-order valence-electron chi connectivity index (χ0n) is 13.0. The van der Waals surface area contributed by atoms with Gasteiger partial charge in [0.05, 0.1) is 18.8 Å². The lowest BCUT2D eigenvalue weighted by molar-refractivity contribution is 0.255. The summed E-state index contributed by atoms with van der Waals surface area (Å²) < 4.78 is 4.41. The quantitative estimate of drug-likeness (QED) is 0.739. The maximum atomic E-state index is 4.43. The third-order valence-electron chi connectivity index (χ3n) is 4.23. The van der Waals surface area contributed by atoms with Gasteiger partial charge in [-0.2, -0.15) is 0 Å². The van der Waals surface area contributed by atoms with Crippen molar-refractivity contribution in [3.63, 3.8) is 0 Å². The van der Waals surface area contributed by atoms with Gasteiger partial charge >= 0.3 is 0 Å². The smallest absolute Gasteiger partial charge is 0.153 e. The first kappa shape index (κ1) is 14.1. The summed E-state index contributed by atoms with van der Waals surface area (Å²) in [6, 6.07) is 10.1. The summed E-state index contributed by atoms with van der Waals surface area (Å²) in [7, 11) is 0. The molecule has 6 nitrogen and oxygen atoms in total. The molecule has 0 amide bonds. The maximum Gasteiger partial charge on any atom is 0.153 e. The second kappa shape index (κ2) is 6.34. The molecular weight excluding hydrogens is 288 g/mol. The highest BCUT2D eigenvalue weighted by atomic mass is 15.3. The Labute approximate surface area is 135 Å². The first-order valence-corrected chi connectivity index (χ1v) is 8.02. The molecule has 0 saturated heterocycles. The molecule has 3 aromatic heterocycles. The van der Waals surface area contributed by atoms with Crippen LogP contribution in [0.1, 0.15) is 23.8 Å². The summed E-state index contributed by atoms with van der Waals surface area (Å²) in [5, 5.41) is 8.83. The molecule has 0 fully saturated rings. The minimum absolute atomic E-state index is 0.778. The summed E-state index contributed by atoms with van der Waals surface area (Å²) in [6.45, 7) is 4.51. The van der Waals surface area contributed by atoms with E-state index in [0.717, 1.165) is 56.5 Å². The fourth-order valence-electron chi connectivity index (χ4n) is 3.09. The van der Waals surface area contributed by atoms with Crippen molar-refractivity contribution in [3.8, 4) is 0 Å². The van der Waals surface area contributed by atoms with E-state index in [9.17, 15) is 0 Å². The van der Waals surface area contributed by atoms with Crippen LogP contribution in [-0.2, 0) is 26.2 Å². The number of aromatic nitrogens is 5. The van der Waals surface area contributed by atoms with Crippen molar-refractivity contribution < 1.29 is 0 Å². The van der Waals surface area contributed by atoms with E-state index in [1.54, 1.807) is 0 Å². The highest BCUT2D eigenvalue weighted by molar-refractivity contribution is 5.05. The van der Waals surface area contributed by atoms with E-state index < -0.39 is 0 Å². The van der Waals surface area contributed by atoms with E-state index >= 15 is 0 Å². The molecule has 0 radical (unpaired) electrons. The zero-order chi connectivity index (χ0) is 15.5. The number of pyridine rings is 1. The van der Waals surface area contributed by atoms with Crippen LogP contribution in [0, 0.1) is 0 Å². The normalized spacial score (nSPS) is 15.3. The number of fused-ring (bicyclic) bond motifs is 1. The standard InChI is InChI=1S/C17H20N6/c1-2-7-18-15(6-1)12-22-10-5-11-23-16(19-20-17(23)14-22)13-21-8-3-4-9-21/h1-4,6-9H,5,10-14H2. The van der Waals surface area contributed by atoms with Gasteiger partial charge in [-0.05, 0) is 30.7 Å². The Morgan fingerprint density at radius 3 is 2.70 bits per heavy atom. The summed E-state index contributed by atoms with van der Waals surface area (Å²) in [6.07, 6.45) is 7.08. The lowest BCUT2D eigenvalue weighted by Crippen LogP contribution is -2.23. The minimum atomic E-state index is 0.778. The van der Waals surface area contributed by atoms with Gasteiger partial charge in [-0.25, -0.2) is 0 Å². The number of hydrogen-bond acceptors (Lipinski definition) is 4. The fraction of sp³-hybridized carbons (Fsp3) is 0.353. The van der Waals surface area contributed by atoms with Crippen molar-refractivity contribution in [1.82, 2.24) is 29.2 Å². The summed E-state index contributed by atoms with van der Waals surface area (Å²) in [4.78, 5) is 6.82. The Balaban J connectivity index is 1.50. The third-order valence-corrected chi connectivity index (χ3v) is 4.23. The maximum absolute atomic E-state index is 4.43. The molecule has 0 unspecified atom stereocenters. The van der Waals surface area contributed by atoms with Gasteiger partial charge in [-0.3, -0.25) is 9.88 Å². The average Bonchev–Trinajstić information content (AvgIpc) is 3.16. The van der Waals surface area contributed by atoms with Gasteiger partial charge in [0.15, 0.2) is 5.82 Å². The van der Waals surface area contributed by atoms with Gasteiger partial charge in [0.25, 0.3) is 0 Å². The van der Waals surface area contributed by atoms with Gasteiger partial charge < -0.3 is 9.13 Å². The van der Waals surface area contributed by atoms with Crippen LogP contribution in [0.5, 0.6) is 0 Å². The molecule has 118 valence electrons.